The number of oxime groups is 1. The van der Waals surface area contributed by atoms with Gasteiger partial charge in [-0.1, -0.05) is 45.0 Å². The Balaban J connectivity index is 1.84. The number of rotatable bonds is 12. The minimum atomic E-state index is -1.37. The van der Waals surface area contributed by atoms with Crippen LogP contribution in [0.25, 0.3) is 6.08 Å². The minimum absolute atomic E-state index is 0.123. The van der Waals surface area contributed by atoms with Crippen molar-refractivity contribution in [3.05, 3.63) is 43.0 Å². The molecule has 0 bridgehead atoms. The molecule has 1 unspecified atom stereocenters. The maximum absolute atomic E-state index is 14.2. The molecule has 0 amide bonds. The molecule has 314 valence electrons. The fraction of sp³-hybridized carbons (Fsp3) is 0.732. The Morgan fingerprint density at radius 2 is 1.77 bits per heavy atom. The molecule has 0 spiro atoms. The summed E-state index contributed by atoms with van der Waals surface area (Å²) in [7, 11) is 5.43. The largest absolute Gasteiger partial charge is 0.509 e. The number of esters is 1. The number of likely N-dealkylation sites (N-methyl/N-ethyl adjacent to an activating group) is 1. The van der Waals surface area contributed by atoms with Gasteiger partial charge >= 0.3 is 12.1 Å². The number of aliphatic hydroxyl groups is 1. The fourth-order valence-corrected chi connectivity index (χ4v) is 8.58. The van der Waals surface area contributed by atoms with E-state index in [9.17, 15) is 14.7 Å². The summed E-state index contributed by atoms with van der Waals surface area (Å²) in [5, 5.41) is 16.3. The zero-order valence-corrected chi connectivity index (χ0v) is 35.0. The molecule has 14 atom stereocenters. The number of fused-ring (bicyclic) bond motifs is 1. The molecule has 15 nitrogen and oxygen atoms in total. The second-order valence-electron chi connectivity index (χ2n) is 16.1. The number of aliphatic hydroxyl groups excluding tert-OH is 1. The average Bonchev–Trinajstić information content (AvgIpc) is 3.48. The van der Waals surface area contributed by atoms with Crippen molar-refractivity contribution in [1.82, 2.24) is 14.9 Å². The molecule has 3 fully saturated rings. The lowest BCUT2D eigenvalue weighted by Crippen LogP contribution is -2.60. The van der Waals surface area contributed by atoms with Gasteiger partial charge in [-0.3, -0.25) is 4.79 Å². The third kappa shape index (κ3) is 10.3. The zero-order valence-electron chi connectivity index (χ0n) is 35.0. The van der Waals surface area contributed by atoms with Crippen molar-refractivity contribution < 1.29 is 52.7 Å². The molecule has 56 heavy (non-hydrogen) atoms. The molecule has 4 rings (SSSR count). The third-order valence-corrected chi connectivity index (χ3v) is 11.6. The van der Waals surface area contributed by atoms with E-state index in [0.717, 1.165) is 5.56 Å². The molecule has 0 saturated carbocycles. The highest BCUT2D eigenvalue weighted by atomic mass is 16.8. The van der Waals surface area contributed by atoms with Gasteiger partial charge < -0.3 is 48.0 Å². The third-order valence-electron chi connectivity index (χ3n) is 11.6. The summed E-state index contributed by atoms with van der Waals surface area (Å²) in [5.41, 5.74) is -1.11. The Labute approximate surface area is 332 Å². The second-order valence-corrected chi connectivity index (χ2v) is 16.1. The van der Waals surface area contributed by atoms with E-state index >= 15 is 0 Å². The highest BCUT2D eigenvalue weighted by Gasteiger charge is 2.59. The van der Waals surface area contributed by atoms with Gasteiger partial charge in [0.25, 0.3) is 0 Å². The molecule has 0 aromatic carbocycles. The van der Waals surface area contributed by atoms with Crippen molar-refractivity contribution in [2.24, 2.45) is 28.8 Å². The molecule has 1 N–H and O–H groups in total. The van der Waals surface area contributed by atoms with Crippen LogP contribution in [0.4, 0.5) is 4.79 Å². The highest BCUT2D eigenvalue weighted by molar-refractivity contribution is 5.89. The maximum Gasteiger partial charge on any atom is 0.509 e. The lowest BCUT2D eigenvalue weighted by molar-refractivity contribution is -0.302. The van der Waals surface area contributed by atoms with E-state index in [1.807, 2.05) is 66.6 Å². The van der Waals surface area contributed by atoms with Crippen LogP contribution in [-0.2, 0) is 42.8 Å². The van der Waals surface area contributed by atoms with E-state index in [2.05, 4.69) is 21.7 Å². The summed E-state index contributed by atoms with van der Waals surface area (Å²) >= 11 is 0. The van der Waals surface area contributed by atoms with Crippen LogP contribution in [0.3, 0.4) is 0 Å². The molecular formula is C41H64N4O11. The lowest BCUT2D eigenvalue weighted by atomic mass is 9.73. The Morgan fingerprint density at radius 1 is 1.07 bits per heavy atom. The quantitative estimate of drug-likeness (QED) is 0.127. The van der Waals surface area contributed by atoms with Crippen molar-refractivity contribution in [1.29, 1.82) is 0 Å². The number of hydrogen-bond donors (Lipinski definition) is 1. The van der Waals surface area contributed by atoms with Crippen molar-refractivity contribution in [3.63, 3.8) is 0 Å². The zero-order chi connectivity index (χ0) is 41.4. The van der Waals surface area contributed by atoms with Crippen LogP contribution in [0.1, 0.15) is 80.2 Å². The minimum Gasteiger partial charge on any atom is -0.458 e. The summed E-state index contributed by atoms with van der Waals surface area (Å²) in [6, 6.07) is -0.233. The Morgan fingerprint density at radius 3 is 2.39 bits per heavy atom. The van der Waals surface area contributed by atoms with E-state index in [0.29, 0.717) is 25.0 Å². The first-order chi connectivity index (χ1) is 26.5. The molecule has 1 aromatic rings. The van der Waals surface area contributed by atoms with E-state index in [-0.39, 0.29) is 31.3 Å². The van der Waals surface area contributed by atoms with Crippen molar-refractivity contribution >= 4 is 23.9 Å². The summed E-state index contributed by atoms with van der Waals surface area (Å²) in [6.07, 6.45) is 4.83. The molecule has 0 aliphatic carbocycles. The number of nitrogens with zero attached hydrogens (tertiary/aromatic N) is 4. The molecule has 4 heterocycles. The second kappa shape index (κ2) is 19.8. The lowest BCUT2D eigenvalue weighted by Gasteiger charge is -2.48. The van der Waals surface area contributed by atoms with Gasteiger partial charge in [0, 0.05) is 48.9 Å². The van der Waals surface area contributed by atoms with Crippen LogP contribution in [0.2, 0.25) is 0 Å². The maximum atomic E-state index is 14.2. The predicted octanol–water partition coefficient (Wildman–Crippen LogP) is 5.21. The first-order valence-corrected chi connectivity index (χ1v) is 19.7. The van der Waals surface area contributed by atoms with E-state index in [1.54, 1.807) is 45.5 Å². The van der Waals surface area contributed by atoms with Crippen LogP contribution < -0.4 is 0 Å². The highest BCUT2D eigenvalue weighted by Crippen LogP contribution is 2.43. The number of aromatic nitrogens is 2. The van der Waals surface area contributed by atoms with Crippen LogP contribution in [0, 0.1) is 23.7 Å². The van der Waals surface area contributed by atoms with Crippen LogP contribution in [0.15, 0.2) is 42.6 Å². The van der Waals surface area contributed by atoms with E-state index in [1.165, 1.54) is 6.33 Å². The van der Waals surface area contributed by atoms with Gasteiger partial charge in [0.15, 0.2) is 18.0 Å². The van der Waals surface area contributed by atoms with Gasteiger partial charge in [-0.05, 0) is 67.1 Å². The van der Waals surface area contributed by atoms with E-state index in [4.69, 9.17) is 38.0 Å². The SMILES string of the molecule is C=CCOC1[C@@H](C)C(=O)O[C@H](CC)[C@@]2(C)OC(=O)O[C@H]2[C@@H](C)/C(=N/OC/C=C/c2cncnc2)[C@H](C)C[C@@](C)(OC)[C@H](O[C@H]2O[C@H](C)C[C@H](N(C)C)[C@H]2O)[C@H]1C. The molecule has 0 radical (unpaired) electrons. The number of cyclic esters (lactones) is 1. The van der Waals surface area contributed by atoms with Gasteiger partial charge in [0.05, 0.1) is 42.1 Å². The monoisotopic (exact) mass is 788 g/mol. The van der Waals surface area contributed by atoms with Crippen LogP contribution in [0.5, 0.6) is 0 Å². The number of methoxy groups -OCH3 is 1. The average molecular weight is 789 g/mol. The Kier molecular flexibility index (Phi) is 16.0. The molecule has 3 aliphatic heterocycles. The standard InChI is InChI=1S/C41H64N4O11/c1-13-17-50-34-27(6)35(54-38-33(46)30(45(10)11)19-25(4)52-38)40(8,49-12)20-24(3)32(44-51-18-15-16-29-21-42-23-43-22-29)26(5)36-41(9,56-39(48)55-36)31(14-2)53-37(47)28(34)7/h13,15-16,21-28,30-31,33-36,38,46H,1,14,17-20H2,2-12H3/b16-15+,44-32+/t24-,25-,26+,27+,28-,30+,31-,33-,34?,35-,36+,38-,40-,41-/m1/s1. The summed E-state index contributed by atoms with van der Waals surface area (Å²) in [5.74, 6) is -2.87. The number of carbonyl (C=O) groups is 2. The summed E-state index contributed by atoms with van der Waals surface area (Å²) in [6.45, 7) is 19.1. The van der Waals surface area contributed by atoms with Crippen molar-refractivity contribution in [2.75, 3.05) is 34.4 Å². The van der Waals surface area contributed by atoms with Crippen molar-refractivity contribution in [2.45, 2.75) is 135 Å². The van der Waals surface area contributed by atoms with Crippen molar-refractivity contribution in [3.8, 4) is 0 Å². The molecule has 3 aliphatic rings. The van der Waals surface area contributed by atoms with Crippen LogP contribution in [-0.4, -0.2) is 132 Å². The topological polar surface area (TPSA) is 170 Å². The number of ether oxygens (including phenoxy) is 7. The van der Waals surface area contributed by atoms with Gasteiger partial charge in [-0.15, -0.1) is 6.58 Å². The normalized spacial score (nSPS) is 39.4. The Hall–Kier alpha value is -3.47. The van der Waals surface area contributed by atoms with Gasteiger partial charge in [-0.25, -0.2) is 14.8 Å². The number of hydrogen-bond acceptors (Lipinski definition) is 15. The first-order valence-electron chi connectivity index (χ1n) is 19.7. The molecule has 3 saturated heterocycles. The predicted molar refractivity (Wildman–Crippen MR) is 208 cm³/mol. The van der Waals surface area contributed by atoms with E-state index < -0.39 is 77.9 Å². The molecule has 15 heteroatoms. The van der Waals surface area contributed by atoms with Gasteiger partial charge in [0.1, 0.15) is 25.1 Å². The van der Waals surface area contributed by atoms with Gasteiger partial charge in [-0.2, -0.15) is 0 Å². The Bertz CT molecular complexity index is 1510. The number of carbonyl (C=O) groups excluding carboxylic acids is 2. The summed E-state index contributed by atoms with van der Waals surface area (Å²) < 4.78 is 44.0. The smallest absolute Gasteiger partial charge is 0.458 e. The summed E-state index contributed by atoms with van der Waals surface area (Å²) in [4.78, 5) is 43.2. The van der Waals surface area contributed by atoms with Gasteiger partial charge in [0.2, 0.25) is 0 Å². The fourth-order valence-electron chi connectivity index (χ4n) is 8.58. The molecule has 1 aromatic heterocycles. The van der Waals surface area contributed by atoms with Crippen LogP contribution >= 0.6 is 0 Å². The molecular weight excluding hydrogens is 724 g/mol. The first kappa shape index (κ1) is 45.2.